The summed E-state index contributed by atoms with van der Waals surface area (Å²) in [6.07, 6.45) is 1.55. The van der Waals surface area contributed by atoms with Gasteiger partial charge in [0.05, 0.1) is 5.69 Å². The van der Waals surface area contributed by atoms with E-state index in [4.69, 9.17) is 0 Å². The standard InChI is InChI=1S/C14H24BrN3O2S/c1-4-12-11-13(15)7-8-14(12)17-21(19,20)18(3)10-6-9-16-5-2/h7-8,11,16-17H,4-6,9-10H2,1-3H3. The summed E-state index contributed by atoms with van der Waals surface area (Å²) in [4.78, 5) is 0. The van der Waals surface area contributed by atoms with Crippen molar-refractivity contribution in [2.75, 3.05) is 31.4 Å². The predicted molar refractivity (Wildman–Crippen MR) is 91.9 cm³/mol. The number of anilines is 1. The molecule has 0 atom stereocenters. The molecule has 0 saturated heterocycles. The van der Waals surface area contributed by atoms with Gasteiger partial charge in [-0.3, -0.25) is 4.72 Å². The Hall–Kier alpha value is -0.630. The zero-order valence-electron chi connectivity index (χ0n) is 12.8. The van der Waals surface area contributed by atoms with Crippen molar-refractivity contribution >= 4 is 31.8 Å². The summed E-state index contributed by atoms with van der Waals surface area (Å²) in [5.41, 5.74) is 1.60. The van der Waals surface area contributed by atoms with Crippen LogP contribution in [-0.4, -0.2) is 39.4 Å². The summed E-state index contributed by atoms with van der Waals surface area (Å²) >= 11 is 3.40. The topological polar surface area (TPSA) is 61.4 Å². The van der Waals surface area contributed by atoms with Gasteiger partial charge >= 0.3 is 10.2 Å². The molecule has 0 radical (unpaired) electrons. The molecule has 21 heavy (non-hydrogen) atoms. The van der Waals surface area contributed by atoms with Gasteiger partial charge in [0.25, 0.3) is 0 Å². The highest BCUT2D eigenvalue weighted by atomic mass is 79.9. The lowest BCUT2D eigenvalue weighted by Gasteiger charge is -2.19. The number of nitrogens with zero attached hydrogens (tertiary/aromatic N) is 1. The van der Waals surface area contributed by atoms with Gasteiger partial charge < -0.3 is 5.32 Å². The van der Waals surface area contributed by atoms with Gasteiger partial charge in [-0.1, -0.05) is 29.8 Å². The first-order chi connectivity index (χ1) is 9.90. The molecule has 1 rings (SSSR count). The number of hydrogen-bond donors (Lipinski definition) is 2. The van der Waals surface area contributed by atoms with Gasteiger partial charge in [-0.2, -0.15) is 12.7 Å². The number of hydrogen-bond acceptors (Lipinski definition) is 3. The lowest BCUT2D eigenvalue weighted by Crippen LogP contribution is -2.34. The Morgan fingerprint density at radius 1 is 1.29 bits per heavy atom. The molecule has 0 fully saturated rings. The Bertz CT molecular complexity index is 549. The first-order valence-electron chi connectivity index (χ1n) is 7.14. The molecule has 0 heterocycles. The fraction of sp³-hybridized carbons (Fsp3) is 0.571. The van der Waals surface area contributed by atoms with Crippen LogP contribution in [0.25, 0.3) is 0 Å². The van der Waals surface area contributed by atoms with Gasteiger partial charge in [0, 0.05) is 18.1 Å². The summed E-state index contributed by atoms with van der Waals surface area (Å²) in [5, 5.41) is 3.18. The third kappa shape index (κ3) is 5.94. The lowest BCUT2D eigenvalue weighted by molar-refractivity contribution is 0.459. The number of halogens is 1. The number of rotatable bonds is 9. The molecule has 0 bridgehead atoms. The van der Waals surface area contributed by atoms with Gasteiger partial charge in [0.15, 0.2) is 0 Å². The molecule has 0 aliphatic carbocycles. The molecule has 0 aliphatic rings. The SMILES string of the molecule is CCNCCCN(C)S(=O)(=O)Nc1ccc(Br)cc1CC. The van der Waals surface area contributed by atoms with Crippen molar-refractivity contribution in [3.63, 3.8) is 0 Å². The molecule has 0 amide bonds. The first kappa shape index (κ1) is 18.4. The Morgan fingerprint density at radius 2 is 2.00 bits per heavy atom. The minimum Gasteiger partial charge on any atom is -0.317 e. The first-order valence-corrected chi connectivity index (χ1v) is 9.37. The third-order valence-corrected chi connectivity index (χ3v) is 5.15. The van der Waals surface area contributed by atoms with E-state index in [0.29, 0.717) is 12.2 Å². The molecule has 0 spiro atoms. The third-order valence-electron chi connectivity index (χ3n) is 3.17. The van der Waals surface area contributed by atoms with Gasteiger partial charge in [-0.25, -0.2) is 0 Å². The quantitative estimate of drug-likeness (QED) is 0.650. The molecular formula is C14H24BrN3O2S. The molecule has 1 aromatic rings. The summed E-state index contributed by atoms with van der Waals surface area (Å²) < 4.78 is 29.6. The second-order valence-corrected chi connectivity index (χ2v) is 7.48. The maximum absolute atomic E-state index is 12.3. The Morgan fingerprint density at radius 3 is 2.62 bits per heavy atom. The van der Waals surface area contributed by atoms with Crippen molar-refractivity contribution in [2.45, 2.75) is 26.7 Å². The van der Waals surface area contributed by atoms with Crippen LogP contribution in [0.4, 0.5) is 5.69 Å². The highest BCUT2D eigenvalue weighted by Gasteiger charge is 2.18. The van der Waals surface area contributed by atoms with Crippen molar-refractivity contribution in [3.8, 4) is 0 Å². The number of aryl methyl sites for hydroxylation is 1. The van der Waals surface area contributed by atoms with E-state index < -0.39 is 10.2 Å². The van der Waals surface area contributed by atoms with E-state index >= 15 is 0 Å². The molecule has 0 unspecified atom stereocenters. The molecule has 7 heteroatoms. The average molecular weight is 378 g/mol. The van der Waals surface area contributed by atoms with Crippen LogP contribution in [0.15, 0.2) is 22.7 Å². The van der Waals surface area contributed by atoms with Gasteiger partial charge in [-0.15, -0.1) is 0 Å². The molecule has 0 aliphatic heterocycles. The van der Waals surface area contributed by atoms with Crippen molar-refractivity contribution < 1.29 is 8.42 Å². The molecule has 0 saturated carbocycles. The molecule has 2 N–H and O–H groups in total. The van der Waals surface area contributed by atoms with Crippen LogP contribution in [0.1, 0.15) is 25.8 Å². The monoisotopic (exact) mass is 377 g/mol. The van der Waals surface area contributed by atoms with E-state index in [1.165, 1.54) is 4.31 Å². The van der Waals surface area contributed by atoms with Crippen molar-refractivity contribution in [1.29, 1.82) is 0 Å². The molecule has 120 valence electrons. The molecule has 1 aromatic carbocycles. The van der Waals surface area contributed by atoms with E-state index in [1.54, 1.807) is 13.1 Å². The van der Waals surface area contributed by atoms with E-state index in [1.807, 2.05) is 26.0 Å². The van der Waals surface area contributed by atoms with E-state index in [0.717, 1.165) is 36.0 Å². The summed E-state index contributed by atoms with van der Waals surface area (Å²) in [6.45, 7) is 6.23. The fourth-order valence-corrected chi connectivity index (χ4v) is 3.31. The van der Waals surface area contributed by atoms with Crippen LogP contribution in [0, 0.1) is 0 Å². The van der Waals surface area contributed by atoms with Crippen LogP contribution in [0.3, 0.4) is 0 Å². The summed E-state index contributed by atoms with van der Waals surface area (Å²) in [6, 6.07) is 5.55. The predicted octanol–water partition coefficient (Wildman–Crippen LogP) is 2.60. The van der Waals surface area contributed by atoms with Crippen LogP contribution in [-0.2, 0) is 16.6 Å². The van der Waals surface area contributed by atoms with Crippen molar-refractivity contribution in [2.24, 2.45) is 0 Å². The zero-order chi connectivity index (χ0) is 15.9. The minimum absolute atomic E-state index is 0.486. The normalized spacial score (nSPS) is 11.9. The summed E-state index contributed by atoms with van der Waals surface area (Å²) in [5.74, 6) is 0. The Kier molecular flexibility index (Phi) is 7.65. The van der Waals surface area contributed by atoms with Crippen LogP contribution < -0.4 is 10.0 Å². The van der Waals surface area contributed by atoms with Gasteiger partial charge in [0.2, 0.25) is 0 Å². The largest absolute Gasteiger partial charge is 0.317 e. The highest BCUT2D eigenvalue weighted by Crippen LogP contribution is 2.23. The average Bonchev–Trinajstić information content (AvgIpc) is 2.45. The smallest absolute Gasteiger partial charge is 0.301 e. The van der Waals surface area contributed by atoms with Crippen LogP contribution in [0.2, 0.25) is 0 Å². The number of nitrogens with one attached hydrogen (secondary N) is 2. The minimum atomic E-state index is -3.51. The Balaban J connectivity index is 2.71. The van der Waals surface area contributed by atoms with Gasteiger partial charge in [0.1, 0.15) is 0 Å². The summed E-state index contributed by atoms with van der Waals surface area (Å²) in [7, 11) is -1.91. The van der Waals surface area contributed by atoms with Crippen LogP contribution in [0.5, 0.6) is 0 Å². The second-order valence-electron chi connectivity index (χ2n) is 4.79. The maximum Gasteiger partial charge on any atom is 0.301 e. The van der Waals surface area contributed by atoms with Crippen molar-refractivity contribution in [3.05, 3.63) is 28.2 Å². The molecule has 0 aromatic heterocycles. The van der Waals surface area contributed by atoms with E-state index in [9.17, 15) is 8.42 Å². The maximum atomic E-state index is 12.3. The molecular weight excluding hydrogens is 354 g/mol. The second kappa shape index (κ2) is 8.73. The van der Waals surface area contributed by atoms with Gasteiger partial charge in [-0.05, 0) is 49.7 Å². The molecule has 5 nitrogen and oxygen atoms in total. The van der Waals surface area contributed by atoms with E-state index in [-0.39, 0.29) is 0 Å². The van der Waals surface area contributed by atoms with Crippen molar-refractivity contribution in [1.82, 2.24) is 9.62 Å². The fourth-order valence-electron chi connectivity index (χ4n) is 1.89. The highest BCUT2D eigenvalue weighted by molar-refractivity contribution is 9.10. The number of benzene rings is 1. The zero-order valence-corrected chi connectivity index (χ0v) is 15.2. The Labute approximate surface area is 136 Å². The van der Waals surface area contributed by atoms with E-state index in [2.05, 4.69) is 26.0 Å². The lowest BCUT2D eigenvalue weighted by atomic mass is 10.1. The van der Waals surface area contributed by atoms with Crippen LogP contribution >= 0.6 is 15.9 Å².